The number of carbonyl (C=O) groups is 1. The van der Waals surface area contributed by atoms with Crippen LogP contribution in [0.3, 0.4) is 0 Å². The molecule has 7 heteroatoms. The van der Waals surface area contributed by atoms with Crippen molar-refractivity contribution in [1.29, 1.82) is 0 Å². The molecule has 6 nitrogen and oxygen atoms in total. The predicted molar refractivity (Wildman–Crippen MR) is 100.0 cm³/mol. The van der Waals surface area contributed by atoms with Gasteiger partial charge in [-0.25, -0.2) is 0 Å². The number of amides is 1. The van der Waals surface area contributed by atoms with Crippen molar-refractivity contribution in [1.82, 2.24) is 0 Å². The minimum absolute atomic E-state index is 0.00658. The van der Waals surface area contributed by atoms with E-state index in [1.807, 2.05) is 6.92 Å². The van der Waals surface area contributed by atoms with Gasteiger partial charge in [0.15, 0.2) is 5.75 Å². The zero-order valence-corrected chi connectivity index (χ0v) is 14.8. The molecule has 3 aromatic rings. The van der Waals surface area contributed by atoms with E-state index in [9.17, 15) is 13.2 Å². The Bertz CT molecular complexity index is 1160. The van der Waals surface area contributed by atoms with Gasteiger partial charge in [0.25, 0.3) is 5.91 Å². The van der Waals surface area contributed by atoms with Gasteiger partial charge in [-0.3, -0.25) is 4.79 Å². The van der Waals surface area contributed by atoms with E-state index in [0.717, 1.165) is 0 Å². The predicted octanol–water partition coefficient (Wildman–Crippen LogP) is 3.17. The second-order valence-electron chi connectivity index (χ2n) is 5.94. The number of carbonyl (C=O) groups excluding carboxylic acids is 1. The second-order valence-corrected chi connectivity index (χ2v) is 7.45. The lowest BCUT2D eigenvalue weighted by molar-refractivity contribution is 0.0994. The van der Waals surface area contributed by atoms with Gasteiger partial charge >= 0.3 is 10.1 Å². The fourth-order valence-electron chi connectivity index (χ4n) is 3.27. The van der Waals surface area contributed by atoms with E-state index >= 15 is 0 Å². The van der Waals surface area contributed by atoms with Gasteiger partial charge in [0.2, 0.25) is 0 Å². The molecule has 2 N–H and O–H groups in total. The molecular weight excluding hydrogens is 352 g/mol. The Morgan fingerprint density at radius 1 is 1.04 bits per heavy atom. The van der Waals surface area contributed by atoms with Crippen LogP contribution in [0.25, 0.3) is 10.8 Å². The molecule has 0 unspecified atom stereocenters. The molecule has 132 valence electrons. The Hall–Kier alpha value is -3.06. The number of nitrogens with zero attached hydrogens (tertiary/aromatic N) is 1. The maximum atomic E-state index is 12.9. The standard InChI is InChI=1S/C19H16N2O4S/c1-2-21-15-10-11-17(12-6-5-7-13(18(12)15)19(21)22)26(23,24)25-16-9-4-3-8-14(16)20/h3-11H,2,20H2,1H3. The van der Waals surface area contributed by atoms with Gasteiger partial charge in [-0.15, -0.1) is 0 Å². The van der Waals surface area contributed by atoms with E-state index in [4.69, 9.17) is 9.92 Å². The number of benzene rings is 3. The molecule has 0 aliphatic carbocycles. The SMILES string of the molecule is CCN1C(=O)c2cccc3c(S(=O)(=O)Oc4ccccc4N)ccc1c23. The molecule has 0 saturated heterocycles. The Morgan fingerprint density at radius 3 is 2.54 bits per heavy atom. The van der Waals surface area contributed by atoms with Crippen LogP contribution in [0.15, 0.2) is 59.5 Å². The van der Waals surface area contributed by atoms with Crippen molar-refractivity contribution in [2.45, 2.75) is 11.8 Å². The van der Waals surface area contributed by atoms with Gasteiger partial charge in [0, 0.05) is 22.9 Å². The number of anilines is 2. The average molecular weight is 368 g/mol. The van der Waals surface area contributed by atoms with Crippen molar-refractivity contribution in [2.75, 3.05) is 17.2 Å². The van der Waals surface area contributed by atoms with Gasteiger partial charge in [-0.1, -0.05) is 24.3 Å². The fraction of sp³-hybridized carbons (Fsp3) is 0.105. The van der Waals surface area contributed by atoms with E-state index in [0.29, 0.717) is 28.6 Å². The number of rotatable bonds is 4. The molecule has 0 aromatic heterocycles. The van der Waals surface area contributed by atoms with Crippen LogP contribution < -0.4 is 14.8 Å². The van der Waals surface area contributed by atoms with E-state index in [-0.39, 0.29) is 22.2 Å². The molecule has 0 atom stereocenters. The third-order valence-corrected chi connectivity index (χ3v) is 5.74. The third-order valence-electron chi connectivity index (χ3n) is 4.45. The van der Waals surface area contributed by atoms with Crippen LogP contribution in [-0.4, -0.2) is 20.9 Å². The van der Waals surface area contributed by atoms with Crippen molar-refractivity contribution < 1.29 is 17.4 Å². The largest absolute Gasteiger partial charge is 0.396 e. The third kappa shape index (κ3) is 2.32. The molecule has 0 fully saturated rings. The molecule has 1 amide bonds. The van der Waals surface area contributed by atoms with Gasteiger partial charge in [0.05, 0.1) is 11.4 Å². The highest BCUT2D eigenvalue weighted by molar-refractivity contribution is 7.87. The fourth-order valence-corrected chi connectivity index (χ4v) is 4.42. The lowest BCUT2D eigenvalue weighted by atomic mass is 10.1. The zero-order valence-electron chi connectivity index (χ0n) is 14.0. The number of hydrogen-bond acceptors (Lipinski definition) is 5. The topological polar surface area (TPSA) is 89.7 Å². The molecule has 1 aliphatic rings. The summed E-state index contributed by atoms with van der Waals surface area (Å²) in [6, 6.07) is 14.6. The first-order chi connectivity index (χ1) is 12.4. The maximum absolute atomic E-state index is 12.9. The minimum atomic E-state index is -4.12. The van der Waals surface area contributed by atoms with E-state index < -0.39 is 10.1 Å². The summed E-state index contributed by atoms with van der Waals surface area (Å²) < 4.78 is 31.0. The van der Waals surface area contributed by atoms with Gasteiger partial charge < -0.3 is 14.8 Å². The summed E-state index contributed by atoms with van der Waals surface area (Å²) in [4.78, 5) is 14.2. The van der Waals surface area contributed by atoms with Crippen LogP contribution in [0.5, 0.6) is 5.75 Å². The second kappa shape index (κ2) is 5.74. The van der Waals surface area contributed by atoms with Crippen molar-refractivity contribution in [3.05, 3.63) is 60.2 Å². The molecule has 1 heterocycles. The van der Waals surface area contributed by atoms with Crippen LogP contribution in [-0.2, 0) is 10.1 Å². The maximum Gasteiger partial charge on any atom is 0.339 e. The summed E-state index contributed by atoms with van der Waals surface area (Å²) in [7, 11) is -4.12. The highest BCUT2D eigenvalue weighted by Gasteiger charge is 2.32. The summed E-state index contributed by atoms with van der Waals surface area (Å²) in [6.45, 7) is 2.38. The first-order valence-corrected chi connectivity index (χ1v) is 9.51. The van der Waals surface area contributed by atoms with E-state index in [1.54, 1.807) is 47.4 Å². The lowest BCUT2D eigenvalue weighted by Gasteiger charge is -2.15. The summed E-state index contributed by atoms with van der Waals surface area (Å²) in [5.41, 5.74) is 7.23. The first kappa shape index (κ1) is 16.4. The molecule has 1 aliphatic heterocycles. The quantitative estimate of drug-likeness (QED) is 0.564. The van der Waals surface area contributed by atoms with Gasteiger partial charge in [-0.2, -0.15) is 8.42 Å². The normalized spacial score (nSPS) is 13.4. The summed E-state index contributed by atoms with van der Waals surface area (Å²) in [6.07, 6.45) is 0. The summed E-state index contributed by atoms with van der Waals surface area (Å²) in [5.74, 6) is -0.0575. The highest BCUT2D eigenvalue weighted by atomic mass is 32.2. The average Bonchev–Trinajstić information content (AvgIpc) is 2.90. The molecule has 3 aromatic carbocycles. The summed E-state index contributed by atoms with van der Waals surface area (Å²) >= 11 is 0. The molecule has 26 heavy (non-hydrogen) atoms. The van der Waals surface area contributed by atoms with Crippen LogP contribution in [0, 0.1) is 0 Å². The monoisotopic (exact) mass is 368 g/mol. The van der Waals surface area contributed by atoms with Crippen LogP contribution in [0.1, 0.15) is 17.3 Å². The van der Waals surface area contributed by atoms with Gasteiger partial charge in [-0.05, 0) is 37.3 Å². The number of nitrogen functional groups attached to an aromatic ring is 1. The van der Waals surface area contributed by atoms with Crippen LogP contribution in [0.4, 0.5) is 11.4 Å². The Balaban J connectivity index is 1.90. The number of para-hydroxylation sites is 2. The molecule has 0 radical (unpaired) electrons. The van der Waals surface area contributed by atoms with Crippen LogP contribution in [0.2, 0.25) is 0 Å². The molecule has 0 spiro atoms. The van der Waals surface area contributed by atoms with Gasteiger partial charge in [0.1, 0.15) is 4.90 Å². The van der Waals surface area contributed by atoms with E-state index in [1.165, 1.54) is 12.1 Å². The van der Waals surface area contributed by atoms with Crippen molar-refractivity contribution in [2.24, 2.45) is 0 Å². The smallest absolute Gasteiger partial charge is 0.339 e. The molecule has 0 bridgehead atoms. The first-order valence-electron chi connectivity index (χ1n) is 8.10. The summed E-state index contributed by atoms with van der Waals surface area (Å²) in [5, 5.41) is 1.09. The van der Waals surface area contributed by atoms with Crippen molar-refractivity contribution in [3.8, 4) is 5.75 Å². The minimum Gasteiger partial charge on any atom is -0.396 e. The van der Waals surface area contributed by atoms with E-state index in [2.05, 4.69) is 0 Å². The zero-order chi connectivity index (χ0) is 18.5. The Morgan fingerprint density at radius 2 is 1.81 bits per heavy atom. The van der Waals surface area contributed by atoms with Crippen molar-refractivity contribution >= 4 is 38.2 Å². The Labute approximate surface area is 150 Å². The lowest BCUT2D eigenvalue weighted by Crippen LogP contribution is -2.25. The Kier molecular flexibility index (Phi) is 3.62. The highest BCUT2D eigenvalue weighted by Crippen LogP contribution is 2.40. The van der Waals surface area contributed by atoms with Crippen molar-refractivity contribution in [3.63, 3.8) is 0 Å². The molecule has 4 rings (SSSR count). The number of nitrogens with two attached hydrogens (primary N) is 1. The molecule has 0 saturated carbocycles. The number of hydrogen-bond donors (Lipinski definition) is 1. The van der Waals surface area contributed by atoms with Crippen LogP contribution >= 0.6 is 0 Å². The molecular formula is C19H16N2O4S.